The van der Waals surface area contributed by atoms with Crippen molar-refractivity contribution in [3.8, 4) is 0 Å². The molecule has 2 N–H and O–H groups in total. The minimum absolute atomic E-state index is 0.0683. The number of rotatable bonds is 7. The summed E-state index contributed by atoms with van der Waals surface area (Å²) in [6.45, 7) is 3.45. The molecule has 0 saturated carbocycles. The molecule has 3 amide bonds. The zero-order valence-corrected chi connectivity index (χ0v) is 17.6. The summed E-state index contributed by atoms with van der Waals surface area (Å²) < 4.78 is 4.89. The van der Waals surface area contributed by atoms with Crippen LogP contribution in [0.25, 0.3) is 0 Å². The zero-order chi connectivity index (χ0) is 20.7. The largest absolute Gasteiger partial charge is 0.360 e. The van der Waals surface area contributed by atoms with Crippen LogP contribution in [0.4, 0.5) is 16.3 Å². The lowest BCUT2D eigenvalue weighted by Crippen LogP contribution is -2.25. The lowest BCUT2D eigenvalue weighted by Gasteiger charge is -2.11. The summed E-state index contributed by atoms with van der Waals surface area (Å²) in [5, 5.41) is 8.61. The van der Waals surface area contributed by atoms with Crippen molar-refractivity contribution in [1.82, 2.24) is 10.1 Å². The molecule has 0 saturated heterocycles. The Morgan fingerprint density at radius 2 is 1.86 bits per heavy atom. The fourth-order valence-corrected chi connectivity index (χ4v) is 3.27. The van der Waals surface area contributed by atoms with Gasteiger partial charge in [-0.05, 0) is 49.9 Å². The van der Waals surface area contributed by atoms with Crippen LogP contribution in [-0.4, -0.2) is 52.2 Å². The number of carbonyl (C=O) groups excluding carboxylic acids is 3. The van der Waals surface area contributed by atoms with Crippen LogP contribution in [0.2, 0.25) is 0 Å². The number of anilines is 2. The molecule has 1 heterocycles. The average molecular weight is 423 g/mol. The number of benzene rings is 1. The highest BCUT2D eigenvalue weighted by Gasteiger charge is 2.17. The van der Waals surface area contributed by atoms with E-state index in [9.17, 15) is 14.4 Å². The van der Waals surface area contributed by atoms with Crippen LogP contribution in [0.15, 0.2) is 39.8 Å². The van der Waals surface area contributed by atoms with Gasteiger partial charge < -0.3 is 20.1 Å². The van der Waals surface area contributed by atoms with Gasteiger partial charge in [0.1, 0.15) is 5.76 Å². The Kier molecular flexibility index (Phi) is 7.94. The predicted molar refractivity (Wildman–Crippen MR) is 112 cm³/mol. The van der Waals surface area contributed by atoms with Gasteiger partial charge in [0.25, 0.3) is 5.24 Å². The van der Waals surface area contributed by atoms with Gasteiger partial charge >= 0.3 is 0 Å². The topological polar surface area (TPSA) is 105 Å². The van der Waals surface area contributed by atoms with Gasteiger partial charge in [-0.3, -0.25) is 14.4 Å². The third-order valence-electron chi connectivity index (χ3n) is 3.42. The number of carbonyl (C=O) groups is 3. The summed E-state index contributed by atoms with van der Waals surface area (Å²) in [7, 11) is 3.38. The molecule has 0 spiro atoms. The molecule has 8 nitrogen and oxygen atoms in total. The number of hydrogen-bond acceptors (Lipinski definition) is 7. The average Bonchev–Trinajstić information content (AvgIpc) is 3.05. The van der Waals surface area contributed by atoms with Crippen LogP contribution in [0.1, 0.15) is 12.7 Å². The Hall–Kier alpha value is -2.46. The van der Waals surface area contributed by atoms with Crippen molar-refractivity contribution in [2.75, 3.05) is 30.5 Å². The van der Waals surface area contributed by atoms with Gasteiger partial charge in [0.15, 0.2) is 5.82 Å². The van der Waals surface area contributed by atoms with E-state index < -0.39 is 5.25 Å². The molecule has 2 aromatic rings. The number of aryl methyl sites for hydroxylation is 1. The lowest BCUT2D eigenvalue weighted by atomic mass is 10.3. The van der Waals surface area contributed by atoms with Gasteiger partial charge in [-0.1, -0.05) is 5.16 Å². The van der Waals surface area contributed by atoms with Gasteiger partial charge in [0.2, 0.25) is 11.8 Å². The van der Waals surface area contributed by atoms with Crippen LogP contribution in [-0.2, 0) is 9.59 Å². The van der Waals surface area contributed by atoms with Gasteiger partial charge in [-0.25, -0.2) is 0 Å². The molecule has 28 heavy (non-hydrogen) atoms. The second-order valence-corrected chi connectivity index (χ2v) is 8.45. The Morgan fingerprint density at radius 1 is 1.18 bits per heavy atom. The lowest BCUT2D eigenvalue weighted by molar-refractivity contribution is -0.115. The van der Waals surface area contributed by atoms with Crippen LogP contribution in [0.3, 0.4) is 0 Å². The maximum atomic E-state index is 12.1. The molecule has 1 aromatic carbocycles. The van der Waals surface area contributed by atoms with Crippen molar-refractivity contribution in [3.63, 3.8) is 0 Å². The second-order valence-electron chi connectivity index (χ2n) is 6.10. The van der Waals surface area contributed by atoms with Gasteiger partial charge in [-0.2, -0.15) is 0 Å². The summed E-state index contributed by atoms with van der Waals surface area (Å²) in [4.78, 5) is 38.1. The smallest absolute Gasteiger partial charge is 0.285 e. The number of thioether (sulfide) groups is 2. The summed E-state index contributed by atoms with van der Waals surface area (Å²) in [6.07, 6.45) is 0. The molecule has 0 fully saturated rings. The third kappa shape index (κ3) is 6.93. The maximum absolute atomic E-state index is 12.1. The molecule has 0 radical (unpaired) electrons. The van der Waals surface area contributed by atoms with Gasteiger partial charge in [0.05, 0.1) is 11.0 Å². The molecule has 1 atom stereocenters. The Labute approximate surface area is 171 Å². The normalized spacial score (nSPS) is 11.6. The van der Waals surface area contributed by atoms with E-state index >= 15 is 0 Å². The Morgan fingerprint density at radius 3 is 2.43 bits per heavy atom. The second kappa shape index (κ2) is 10.2. The first kappa shape index (κ1) is 21.8. The summed E-state index contributed by atoms with van der Waals surface area (Å²) >= 11 is 2.33. The number of aromatic nitrogens is 1. The minimum Gasteiger partial charge on any atom is -0.360 e. The molecule has 10 heteroatoms. The molecule has 1 unspecified atom stereocenters. The molecule has 0 aliphatic heterocycles. The summed E-state index contributed by atoms with van der Waals surface area (Å²) in [5.74, 6) is 0.613. The summed E-state index contributed by atoms with van der Waals surface area (Å²) in [5.41, 5.74) is 0.627. The first-order valence-electron chi connectivity index (χ1n) is 8.39. The standard InChI is InChI=1S/C18H22N4O4S2/c1-11-9-15(21-26-11)20-17(24)12(2)27-10-16(23)19-13-5-7-14(8-6-13)28-18(25)22(3)4/h5-9,12H,10H2,1-4H3,(H,19,23)(H,20,21,24). The highest BCUT2D eigenvalue weighted by molar-refractivity contribution is 8.13. The third-order valence-corrected chi connectivity index (χ3v) is 5.61. The van der Waals surface area contributed by atoms with Crippen molar-refractivity contribution in [2.24, 2.45) is 0 Å². The molecule has 2 rings (SSSR count). The van der Waals surface area contributed by atoms with Gasteiger partial charge in [0, 0.05) is 30.7 Å². The molecule has 0 bridgehead atoms. The molecule has 0 aliphatic carbocycles. The zero-order valence-electron chi connectivity index (χ0n) is 16.0. The Bertz CT molecular complexity index is 836. The fourth-order valence-electron chi connectivity index (χ4n) is 1.93. The highest BCUT2D eigenvalue weighted by Crippen LogP contribution is 2.22. The number of nitrogens with one attached hydrogen (secondary N) is 2. The number of amides is 3. The molecular weight excluding hydrogens is 400 g/mol. The van der Waals surface area contributed by atoms with Crippen LogP contribution < -0.4 is 10.6 Å². The predicted octanol–water partition coefficient (Wildman–Crippen LogP) is 3.46. The monoisotopic (exact) mass is 422 g/mol. The van der Waals surface area contributed by atoms with E-state index in [0.717, 1.165) is 16.7 Å². The van der Waals surface area contributed by atoms with E-state index in [-0.39, 0.29) is 22.8 Å². The van der Waals surface area contributed by atoms with Crippen molar-refractivity contribution >= 4 is 52.1 Å². The van der Waals surface area contributed by atoms with Crippen molar-refractivity contribution in [1.29, 1.82) is 0 Å². The van der Waals surface area contributed by atoms with Gasteiger partial charge in [-0.15, -0.1) is 11.8 Å². The first-order chi connectivity index (χ1) is 13.2. The summed E-state index contributed by atoms with van der Waals surface area (Å²) in [6, 6.07) is 8.62. The van der Waals surface area contributed by atoms with Crippen molar-refractivity contribution in [3.05, 3.63) is 36.1 Å². The highest BCUT2D eigenvalue weighted by atomic mass is 32.2. The minimum atomic E-state index is -0.432. The Balaban J connectivity index is 1.77. The van der Waals surface area contributed by atoms with E-state index in [2.05, 4.69) is 15.8 Å². The molecule has 1 aromatic heterocycles. The fraction of sp³-hybridized carbons (Fsp3) is 0.333. The SMILES string of the molecule is Cc1cc(NC(=O)C(C)SCC(=O)Nc2ccc(SC(=O)N(C)C)cc2)no1. The van der Waals surface area contributed by atoms with E-state index in [4.69, 9.17) is 4.52 Å². The van der Waals surface area contributed by atoms with E-state index in [1.807, 2.05) is 0 Å². The van der Waals surface area contributed by atoms with Crippen LogP contribution >= 0.6 is 23.5 Å². The molecular formula is C18H22N4O4S2. The molecule has 0 aliphatic rings. The van der Waals surface area contributed by atoms with Crippen molar-refractivity contribution < 1.29 is 18.9 Å². The quantitative estimate of drug-likeness (QED) is 0.659. The number of nitrogens with zero attached hydrogens (tertiary/aromatic N) is 2. The number of hydrogen-bond donors (Lipinski definition) is 2. The maximum Gasteiger partial charge on any atom is 0.285 e. The van der Waals surface area contributed by atoms with E-state index in [1.54, 1.807) is 58.3 Å². The first-order valence-corrected chi connectivity index (χ1v) is 10.3. The van der Waals surface area contributed by atoms with E-state index in [0.29, 0.717) is 17.3 Å². The molecule has 150 valence electrons. The van der Waals surface area contributed by atoms with Crippen molar-refractivity contribution in [2.45, 2.75) is 24.0 Å². The van der Waals surface area contributed by atoms with Crippen LogP contribution in [0.5, 0.6) is 0 Å². The van der Waals surface area contributed by atoms with Crippen LogP contribution in [0, 0.1) is 6.92 Å². The van der Waals surface area contributed by atoms with E-state index in [1.165, 1.54) is 16.7 Å².